The molecule has 0 fully saturated rings. The van der Waals surface area contributed by atoms with E-state index in [9.17, 15) is 14.9 Å². The van der Waals surface area contributed by atoms with Gasteiger partial charge in [-0.05, 0) is 25.7 Å². The highest BCUT2D eigenvalue weighted by Gasteiger charge is 2.15. The predicted molar refractivity (Wildman–Crippen MR) is 97.5 cm³/mol. The first kappa shape index (κ1) is 18.4. The van der Waals surface area contributed by atoms with E-state index in [4.69, 9.17) is 0 Å². The quantitative estimate of drug-likeness (QED) is 0.619. The summed E-state index contributed by atoms with van der Waals surface area (Å²) in [7, 11) is 3.89. The summed E-state index contributed by atoms with van der Waals surface area (Å²) < 4.78 is 0. The Morgan fingerprint density at radius 2 is 1.80 bits per heavy atom. The molecular weight excluding hydrogens is 320 g/mol. The number of non-ortho nitro benzene ring substituents is 1. The lowest BCUT2D eigenvalue weighted by molar-refractivity contribution is -0.384. The number of carbonyl (C=O) groups is 1. The number of nitro groups is 1. The molecule has 7 nitrogen and oxygen atoms in total. The van der Waals surface area contributed by atoms with E-state index in [0.29, 0.717) is 18.8 Å². The van der Waals surface area contributed by atoms with Crippen molar-refractivity contribution in [3.05, 3.63) is 70.3 Å². The first-order valence-electron chi connectivity index (χ1n) is 7.95. The predicted octanol–water partition coefficient (Wildman–Crippen LogP) is 3.19. The average Bonchev–Trinajstić information content (AvgIpc) is 2.59. The van der Waals surface area contributed by atoms with Gasteiger partial charge < -0.3 is 15.1 Å². The van der Waals surface area contributed by atoms with Crippen LogP contribution in [0.3, 0.4) is 0 Å². The molecule has 132 valence electrons. The molecule has 0 aliphatic heterocycles. The minimum Gasteiger partial charge on any atom is -0.319 e. The van der Waals surface area contributed by atoms with Crippen molar-refractivity contribution >= 4 is 17.4 Å². The summed E-state index contributed by atoms with van der Waals surface area (Å²) in [6, 6.07) is 15.4. The maximum atomic E-state index is 12.6. The number of urea groups is 1. The number of anilines is 1. The zero-order valence-corrected chi connectivity index (χ0v) is 14.4. The van der Waals surface area contributed by atoms with Gasteiger partial charge in [0.2, 0.25) is 0 Å². The fourth-order valence-electron chi connectivity index (χ4n) is 2.28. The van der Waals surface area contributed by atoms with Gasteiger partial charge in [0.25, 0.3) is 5.69 Å². The molecule has 0 saturated heterocycles. The lowest BCUT2D eigenvalue weighted by atomic mass is 10.2. The molecule has 0 aliphatic rings. The summed E-state index contributed by atoms with van der Waals surface area (Å²) in [6.07, 6.45) is 0. The van der Waals surface area contributed by atoms with Gasteiger partial charge in [-0.25, -0.2) is 4.79 Å². The van der Waals surface area contributed by atoms with E-state index in [1.54, 1.807) is 17.0 Å². The summed E-state index contributed by atoms with van der Waals surface area (Å²) in [6.45, 7) is 1.73. The number of amides is 2. The number of nitrogens with one attached hydrogen (secondary N) is 1. The highest BCUT2D eigenvalue weighted by molar-refractivity contribution is 5.89. The van der Waals surface area contributed by atoms with Gasteiger partial charge in [-0.3, -0.25) is 10.1 Å². The number of nitro benzene ring substituents is 1. The molecule has 2 aromatic rings. The fraction of sp³-hybridized carbons (Fsp3) is 0.278. The molecule has 25 heavy (non-hydrogen) atoms. The second-order valence-electron chi connectivity index (χ2n) is 5.95. The van der Waals surface area contributed by atoms with Crippen molar-refractivity contribution in [1.82, 2.24) is 9.80 Å². The lowest BCUT2D eigenvalue weighted by Crippen LogP contribution is -2.39. The van der Waals surface area contributed by atoms with Crippen LogP contribution >= 0.6 is 0 Å². The van der Waals surface area contributed by atoms with Crippen LogP contribution in [0.5, 0.6) is 0 Å². The van der Waals surface area contributed by atoms with Gasteiger partial charge in [-0.1, -0.05) is 36.4 Å². The van der Waals surface area contributed by atoms with E-state index in [0.717, 1.165) is 12.1 Å². The van der Waals surface area contributed by atoms with Crippen LogP contribution in [-0.4, -0.2) is 47.9 Å². The molecule has 7 heteroatoms. The Hall–Kier alpha value is -2.93. The smallest absolute Gasteiger partial charge is 0.319 e. The number of likely N-dealkylation sites (N-methyl/N-ethyl adjacent to an activating group) is 1. The summed E-state index contributed by atoms with van der Waals surface area (Å²) in [5.41, 5.74) is 1.37. The minimum absolute atomic E-state index is 0.0549. The number of nitrogens with zero attached hydrogens (tertiary/aromatic N) is 3. The molecule has 0 radical (unpaired) electrons. The highest BCUT2D eigenvalue weighted by atomic mass is 16.6. The lowest BCUT2D eigenvalue weighted by Gasteiger charge is -2.25. The normalized spacial score (nSPS) is 10.5. The van der Waals surface area contributed by atoms with Crippen LogP contribution in [0.4, 0.5) is 16.2 Å². The van der Waals surface area contributed by atoms with Crippen LogP contribution in [0.2, 0.25) is 0 Å². The zero-order chi connectivity index (χ0) is 18.2. The maximum absolute atomic E-state index is 12.6. The van der Waals surface area contributed by atoms with Crippen molar-refractivity contribution in [2.24, 2.45) is 0 Å². The average molecular weight is 342 g/mol. The van der Waals surface area contributed by atoms with E-state index in [2.05, 4.69) is 5.32 Å². The van der Waals surface area contributed by atoms with E-state index < -0.39 is 4.92 Å². The van der Waals surface area contributed by atoms with Crippen LogP contribution in [0.25, 0.3) is 0 Å². The van der Waals surface area contributed by atoms with Crippen molar-refractivity contribution in [1.29, 1.82) is 0 Å². The molecule has 0 bridgehead atoms. The Labute approximate surface area is 147 Å². The Bertz CT molecular complexity index is 719. The number of carbonyl (C=O) groups excluding carboxylic acids is 1. The molecule has 0 spiro atoms. The summed E-state index contributed by atoms with van der Waals surface area (Å²) >= 11 is 0. The summed E-state index contributed by atoms with van der Waals surface area (Å²) in [5, 5.41) is 13.6. The van der Waals surface area contributed by atoms with Gasteiger partial charge in [-0.15, -0.1) is 0 Å². The van der Waals surface area contributed by atoms with E-state index in [-0.39, 0.29) is 11.7 Å². The molecule has 0 heterocycles. The zero-order valence-electron chi connectivity index (χ0n) is 14.4. The van der Waals surface area contributed by atoms with Gasteiger partial charge in [0, 0.05) is 37.5 Å². The summed E-state index contributed by atoms with van der Waals surface area (Å²) in [5.74, 6) is 0. The summed E-state index contributed by atoms with van der Waals surface area (Å²) in [4.78, 5) is 26.7. The highest BCUT2D eigenvalue weighted by Crippen LogP contribution is 2.18. The SMILES string of the molecule is CN(C)CCN(Cc1ccccc1)C(=O)Nc1cccc([N+](=O)[O-])c1. The third-order valence-electron chi connectivity index (χ3n) is 3.63. The number of rotatable bonds is 7. The van der Waals surface area contributed by atoms with Crippen molar-refractivity contribution in [3.63, 3.8) is 0 Å². The third kappa shape index (κ3) is 5.89. The first-order chi connectivity index (χ1) is 12.0. The Kier molecular flexibility index (Phi) is 6.47. The van der Waals surface area contributed by atoms with Crippen molar-refractivity contribution in [3.8, 4) is 0 Å². The van der Waals surface area contributed by atoms with E-state index >= 15 is 0 Å². The van der Waals surface area contributed by atoms with Gasteiger partial charge in [0.05, 0.1) is 4.92 Å². The van der Waals surface area contributed by atoms with Gasteiger partial charge in [0.15, 0.2) is 0 Å². The monoisotopic (exact) mass is 342 g/mol. The fourth-order valence-corrected chi connectivity index (χ4v) is 2.28. The van der Waals surface area contributed by atoms with Gasteiger partial charge in [-0.2, -0.15) is 0 Å². The first-order valence-corrected chi connectivity index (χ1v) is 7.95. The van der Waals surface area contributed by atoms with Crippen molar-refractivity contribution in [2.75, 3.05) is 32.5 Å². The Morgan fingerprint density at radius 3 is 2.44 bits per heavy atom. The molecule has 2 amide bonds. The number of hydrogen-bond acceptors (Lipinski definition) is 4. The number of hydrogen-bond donors (Lipinski definition) is 1. The molecule has 2 aromatic carbocycles. The van der Waals surface area contributed by atoms with Gasteiger partial charge in [0.1, 0.15) is 0 Å². The van der Waals surface area contributed by atoms with Crippen molar-refractivity contribution < 1.29 is 9.72 Å². The van der Waals surface area contributed by atoms with Crippen LogP contribution in [0.15, 0.2) is 54.6 Å². The minimum atomic E-state index is -0.483. The molecule has 1 N–H and O–H groups in total. The Morgan fingerprint density at radius 1 is 1.08 bits per heavy atom. The standard InChI is InChI=1S/C18H22N4O3/c1-20(2)11-12-21(14-15-7-4-3-5-8-15)18(23)19-16-9-6-10-17(13-16)22(24)25/h3-10,13H,11-12,14H2,1-2H3,(H,19,23). The largest absolute Gasteiger partial charge is 0.322 e. The van der Waals surface area contributed by atoms with Crippen LogP contribution in [0.1, 0.15) is 5.56 Å². The second-order valence-corrected chi connectivity index (χ2v) is 5.95. The van der Waals surface area contributed by atoms with Crippen molar-refractivity contribution in [2.45, 2.75) is 6.54 Å². The molecule has 0 saturated carbocycles. The molecule has 0 unspecified atom stereocenters. The van der Waals surface area contributed by atoms with Crippen LogP contribution in [0, 0.1) is 10.1 Å². The molecule has 0 aliphatic carbocycles. The number of benzene rings is 2. The van der Waals surface area contributed by atoms with E-state index in [1.165, 1.54) is 12.1 Å². The Balaban J connectivity index is 2.11. The van der Waals surface area contributed by atoms with Gasteiger partial charge >= 0.3 is 6.03 Å². The van der Waals surface area contributed by atoms with Crippen LogP contribution < -0.4 is 5.32 Å². The van der Waals surface area contributed by atoms with Crippen LogP contribution in [-0.2, 0) is 6.54 Å². The third-order valence-corrected chi connectivity index (χ3v) is 3.63. The second kappa shape index (κ2) is 8.79. The molecule has 2 rings (SSSR count). The maximum Gasteiger partial charge on any atom is 0.322 e. The molecular formula is C18H22N4O3. The topological polar surface area (TPSA) is 78.7 Å². The van der Waals surface area contributed by atoms with E-state index in [1.807, 2.05) is 49.3 Å². The molecule has 0 aromatic heterocycles. The molecule has 0 atom stereocenters.